The molecule has 3 rings (SSSR count). The van der Waals surface area contributed by atoms with Crippen molar-refractivity contribution < 1.29 is 19.8 Å². The van der Waals surface area contributed by atoms with E-state index >= 15 is 0 Å². The van der Waals surface area contributed by atoms with Crippen LogP contribution in [0.4, 0.5) is 0 Å². The molecule has 0 heterocycles. The SMILES string of the molecule is CCC(CC)(c1ccc(C#CC2(O)CCCC2)c(C)c1)c1ccc(C(=O)NCC(=O)O)c(C)c1. The summed E-state index contributed by atoms with van der Waals surface area (Å²) in [6, 6.07) is 12.2. The minimum Gasteiger partial charge on any atom is -0.480 e. The van der Waals surface area contributed by atoms with E-state index in [0.29, 0.717) is 5.56 Å². The van der Waals surface area contributed by atoms with Crippen LogP contribution in [0.2, 0.25) is 0 Å². The van der Waals surface area contributed by atoms with Crippen LogP contribution in [0.3, 0.4) is 0 Å². The first-order valence-electron chi connectivity index (χ1n) is 12.1. The quantitative estimate of drug-likeness (QED) is 0.513. The Morgan fingerprint density at radius 2 is 1.59 bits per heavy atom. The number of nitrogens with one attached hydrogen (secondary N) is 1. The summed E-state index contributed by atoms with van der Waals surface area (Å²) in [4.78, 5) is 23.2. The number of aliphatic carboxylic acids is 1. The smallest absolute Gasteiger partial charge is 0.322 e. The Morgan fingerprint density at radius 3 is 2.12 bits per heavy atom. The second-order valence-corrected chi connectivity index (χ2v) is 9.41. The Kier molecular flexibility index (Phi) is 7.84. The maximum absolute atomic E-state index is 12.4. The molecule has 2 aromatic rings. The molecule has 5 heteroatoms. The van der Waals surface area contributed by atoms with Gasteiger partial charge in [0.2, 0.25) is 0 Å². The second-order valence-electron chi connectivity index (χ2n) is 9.41. The number of carbonyl (C=O) groups is 2. The maximum Gasteiger partial charge on any atom is 0.322 e. The molecule has 180 valence electrons. The molecule has 0 bridgehead atoms. The minimum absolute atomic E-state index is 0.221. The predicted molar refractivity (Wildman–Crippen MR) is 134 cm³/mol. The second kappa shape index (κ2) is 10.4. The van der Waals surface area contributed by atoms with Gasteiger partial charge in [0, 0.05) is 16.5 Å². The van der Waals surface area contributed by atoms with Gasteiger partial charge >= 0.3 is 5.97 Å². The van der Waals surface area contributed by atoms with Crippen LogP contribution in [0.25, 0.3) is 0 Å². The van der Waals surface area contributed by atoms with Crippen LogP contribution in [0.5, 0.6) is 0 Å². The highest BCUT2D eigenvalue weighted by Crippen LogP contribution is 2.40. The van der Waals surface area contributed by atoms with Crippen molar-refractivity contribution in [3.63, 3.8) is 0 Å². The molecule has 0 atom stereocenters. The summed E-state index contributed by atoms with van der Waals surface area (Å²) in [7, 11) is 0. The zero-order valence-corrected chi connectivity index (χ0v) is 20.6. The van der Waals surface area contributed by atoms with Gasteiger partial charge in [0.15, 0.2) is 0 Å². The first-order chi connectivity index (χ1) is 16.1. The van der Waals surface area contributed by atoms with Crippen molar-refractivity contribution in [1.29, 1.82) is 0 Å². The van der Waals surface area contributed by atoms with Crippen LogP contribution >= 0.6 is 0 Å². The molecule has 1 fully saturated rings. The van der Waals surface area contributed by atoms with Crippen LogP contribution < -0.4 is 5.32 Å². The highest BCUT2D eigenvalue weighted by molar-refractivity contribution is 5.97. The number of carboxylic acid groups (broad SMARTS) is 1. The number of aryl methyl sites for hydroxylation is 2. The van der Waals surface area contributed by atoms with Crippen molar-refractivity contribution in [3.8, 4) is 11.8 Å². The van der Waals surface area contributed by atoms with Gasteiger partial charge in [-0.1, -0.05) is 50.0 Å². The maximum atomic E-state index is 12.4. The molecule has 0 aliphatic heterocycles. The first-order valence-corrected chi connectivity index (χ1v) is 12.1. The number of hydrogen-bond acceptors (Lipinski definition) is 3. The molecule has 0 radical (unpaired) electrons. The number of rotatable bonds is 7. The fourth-order valence-corrected chi connectivity index (χ4v) is 5.07. The normalized spacial score (nSPS) is 14.9. The molecule has 1 aliphatic carbocycles. The van der Waals surface area contributed by atoms with Crippen LogP contribution in [0.1, 0.15) is 90.5 Å². The molecule has 0 saturated heterocycles. The molecular weight excluding hydrogens is 426 g/mol. The number of hydrogen-bond donors (Lipinski definition) is 3. The van der Waals surface area contributed by atoms with Crippen LogP contribution in [0.15, 0.2) is 36.4 Å². The molecule has 1 amide bonds. The monoisotopic (exact) mass is 461 g/mol. The summed E-state index contributed by atoms with van der Waals surface area (Å²) in [6.45, 7) is 7.88. The molecule has 5 nitrogen and oxygen atoms in total. The highest BCUT2D eigenvalue weighted by Gasteiger charge is 2.32. The van der Waals surface area contributed by atoms with E-state index in [0.717, 1.165) is 60.8 Å². The lowest BCUT2D eigenvalue weighted by Crippen LogP contribution is -2.30. The zero-order chi connectivity index (χ0) is 24.9. The third-order valence-corrected chi connectivity index (χ3v) is 7.27. The lowest BCUT2D eigenvalue weighted by Gasteiger charge is -2.34. The number of carbonyl (C=O) groups excluding carboxylic acids is 1. The lowest BCUT2D eigenvalue weighted by molar-refractivity contribution is -0.135. The molecule has 0 spiro atoms. The van der Waals surface area contributed by atoms with E-state index in [2.05, 4.69) is 56.1 Å². The van der Waals surface area contributed by atoms with Gasteiger partial charge in [-0.2, -0.15) is 0 Å². The van der Waals surface area contributed by atoms with Crippen LogP contribution in [-0.4, -0.2) is 34.2 Å². The molecular formula is C29H35NO4. The Labute approximate surface area is 202 Å². The van der Waals surface area contributed by atoms with Gasteiger partial charge in [0.25, 0.3) is 5.91 Å². The highest BCUT2D eigenvalue weighted by atomic mass is 16.4. The van der Waals surface area contributed by atoms with E-state index in [1.165, 1.54) is 5.56 Å². The third kappa shape index (κ3) is 5.34. The Hall–Kier alpha value is -3.10. The van der Waals surface area contributed by atoms with Crippen molar-refractivity contribution in [3.05, 3.63) is 69.8 Å². The topological polar surface area (TPSA) is 86.6 Å². The molecule has 0 aromatic heterocycles. The average Bonchev–Trinajstić information content (AvgIpc) is 3.25. The molecule has 1 saturated carbocycles. The predicted octanol–water partition coefficient (Wildman–Crippen LogP) is 4.88. The lowest BCUT2D eigenvalue weighted by atomic mass is 9.69. The summed E-state index contributed by atoms with van der Waals surface area (Å²) in [5.41, 5.74) is 4.57. The van der Waals surface area contributed by atoms with Crippen molar-refractivity contribution in [2.24, 2.45) is 0 Å². The standard InChI is InChI=1S/C29H35NO4/c1-5-29(6-2,24-11-12-25(21(4)18-24)27(33)30-19-26(31)32)23-10-9-22(20(3)17-23)13-16-28(34)14-7-8-15-28/h9-12,17-18,34H,5-8,14-15,19H2,1-4H3,(H,30,33)(H,31,32). The number of amides is 1. The summed E-state index contributed by atoms with van der Waals surface area (Å²) in [6.07, 6.45) is 5.32. The molecule has 1 aliphatic rings. The van der Waals surface area contributed by atoms with Crippen molar-refractivity contribution in [2.75, 3.05) is 6.54 Å². The largest absolute Gasteiger partial charge is 0.480 e. The van der Waals surface area contributed by atoms with E-state index in [9.17, 15) is 14.7 Å². The fourth-order valence-electron chi connectivity index (χ4n) is 5.07. The third-order valence-electron chi connectivity index (χ3n) is 7.27. The van der Waals surface area contributed by atoms with Gasteiger partial charge < -0.3 is 15.5 Å². The number of benzene rings is 2. The van der Waals surface area contributed by atoms with E-state index in [1.807, 2.05) is 19.1 Å². The Bertz CT molecular complexity index is 1130. The summed E-state index contributed by atoms with van der Waals surface area (Å²) in [5, 5.41) is 21.8. The van der Waals surface area contributed by atoms with Gasteiger partial charge in [0.05, 0.1) is 0 Å². The zero-order valence-electron chi connectivity index (χ0n) is 20.6. The molecule has 34 heavy (non-hydrogen) atoms. The van der Waals surface area contributed by atoms with Gasteiger partial charge in [-0.25, -0.2) is 0 Å². The van der Waals surface area contributed by atoms with E-state index in [-0.39, 0.29) is 11.3 Å². The van der Waals surface area contributed by atoms with Gasteiger partial charge in [-0.15, -0.1) is 0 Å². The van der Waals surface area contributed by atoms with E-state index in [4.69, 9.17) is 5.11 Å². The minimum atomic E-state index is -1.07. The van der Waals surface area contributed by atoms with Gasteiger partial charge in [0.1, 0.15) is 12.1 Å². The average molecular weight is 462 g/mol. The van der Waals surface area contributed by atoms with Crippen LogP contribution in [0, 0.1) is 25.7 Å². The fraction of sp³-hybridized carbons (Fsp3) is 0.448. The van der Waals surface area contributed by atoms with Gasteiger partial charge in [-0.05, 0) is 86.8 Å². The van der Waals surface area contributed by atoms with Crippen molar-refractivity contribution in [2.45, 2.75) is 77.2 Å². The first kappa shape index (κ1) is 25.5. The molecule has 0 unspecified atom stereocenters. The molecule has 3 N–H and O–H groups in total. The number of aliphatic hydroxyl groups is 1. The molecule has 2 aromatic carbocycles. The van der Waals surface area contributed by atoms with E-state index in [1.54, 1.807) is 6.07 Å². The van der Waals surface area contributed by atoms with Crippen LogP contribution in [-0.2, 0) is 10.2 Å². The summed E-state index contributed by atoms with van der Waals surface area (Å²) < 4.78 is 0. The summed E-state index contributed by atoms with van der Waals surface area (Å²) in [5.74, 6) is 4.87. The van der Waals surface area contributed by atoms with E-state index < -0.39 is 18.1 Å². The Balaban J connectivity index is 1.93. The van der Waals surface area contributed by atoms with Crippen molar-refractivity contribution in [1.82, 2.24) is 5.32 Å². The number of carboxylic acids is 1. The summed E-state index contributed by atoms with van der Waals surface area (Å²) >= 11 is 0. The van der Waals surface area contributed by atoms with Crippen molar-refractivity contribution >= 4 is 11.9 Å². The Morgan fingerprint density at radius 1 is 1.00 bits per heavy atom. The van der Waals surface area contributed by atoms with Gasteiger partial charge in [-0.3, -0.25) is 9.59 Å².